The Kier molecular flexibility index (Phi) is 5.69. The fraction of sp³-hybridized carbons (Fsp3) is 0.636. The minimum atomic E-state index is -0.310. The monoisotopic (exact) mass is 385 g/mol. The lowest BCUT2D eigenvalue weighted by molar-refractivity contribution is -0.149. The number of ether oxygens (including phenoxy) is 1. The molecule has 2 saturated carbocycles. The number of benzene rings is 1. The van der Waals surface area contributed by atoms with E-state index < -0.39 is 0 Å². The van der Waals surface area contributed by atoms with Crippen molar-refractivity contribution < 1.29 is 14.3 Å². The van der Waals surface area contributed by atoms with Crippen molar-refractivity contribution in [3.63, 3.8) is 0 Å². The molecular weight excluding hydrogens is 354 g/mol. The summed E-state index contributed by atoms with van der Waals surface area (Å²) in [5.74, 6) is 2.12. The first-order valence-corrected chi connectivity index (χ1v) is 10.4. The molecule has 28 heavy (non-hydrogen) atoms. The quantitative estimate of drug-likeness (QED) is 0.692. The number of hydrogen-bond acceptors (Lipinski definition) is 4. The maximum Gasteiger partial charge on any atom is 0.242 e. The molecule has 6 heteroatoms. The number of carbonyl (C=O) groups excluding carboxylic acids is 2. The average molecular weight is 386 g/mol. The minimum Gasteiger partial charge on any atom is -0.373 e. The standard InChI is InChI=1S/C22H31N3O3/c1-24(2)20(15-6-4-3-5-7-15)21(26)23-10-11-28-17-13-25(14-17)22(27)18-9-8-16-12-19(16)18/h3-7,16-20H,8-14H2,1-2H3,(H,23,26)/t16-,18-,19+,20?/m1/s1. The molecule has 1 aliphatic heterocycles. The maximum absolute atomic E-state index is 12.6. The first-order valence-electron chi connectivity index (χ1n) is 10.4. The van der Waals surface area contributed by atoms with E-state index in [-0.39, 0.29) is 24.0 Å². The van der Waals surface area contributed by atoms with Crippen molar-refractivity contribution >= 4 is 11.8 Å². The van der Waals surface area contributed by atoms with E-state index >= 15 is 0 Å². The molecule has 1 aromatic carbocycles. The summed E-state index contributed by atoms with van der Waals surface area (Å²) in [7, 11) is 3.81. The number of nitrogens with one attached hydrogen (secondary N) is 1. The zero-order valence-corrected chi connectivity index (χ0v) is 16.8. The summed E-state index contributed by atoms with van der Waals surface area (Å²) in [5.41, 5.74) is 0.976. The molecule has 0 spiro atoms. The molecule has 4 rings (SSSR count). The van der Waals surface area contributed by atoms with E-state index in [0.717, 1.165) is 17.9 Å². The van der Waals surface area contributed by atoms with Gasteiger partial charge in [-0.1, -0.05) is 30.3 Å². The van der Waals surface area contributed by atoms with Gasteiger partial charge in [0.05, 0.1) is 12.7 Å². The largest absolute Gasteiger partial charge is 0.373 e. The van der Waals surface area contributed by atoms with Gasteiger partial charge in [0.25, 0.3) is 0 Å². The smallest absolute Gasteiger partial charge is 0.242 e. The molecular formula is C22H31N3O3. The van der Waals surface area contributed by atoms with E-state index in [9.17, 15) is 9.59 Å². The highest BCUT2D eigenvalue weighted by Crippen LogP contribution is 2.55. The molecule has 2 amide bonds. The van der Waals surface area contributed by atoms with Crippen LogP contribution in [0.4, 0.5) is 0 Å². The number of likely N-dealkylation sites (N-methyl/N-ethyl adjacent to an activating group) is 1. The van der Waals surface area contributed by atoms with Crippen molar-refractivity contribution in [3.05, 3.63) is 35.9 Å². The molecule has 4 atom stereocenters. The van der Waals surface area contributed by atoms with Crippen LogP contribution in [0.2, 0.25) is 0 Å². The summed E-state index contributed by atoms with van der Waals surface area (Å²) in [6, 6.07) is 9.46. The number of hydrogen-bond donors (Lipinski definition) is 1. The van der Waals surface area contributed by atoms with Gasteiger partial charge in [-0.2, -0.15) is 0 Å². The van der Waals surface area contributed by atoms with Crippen LogP contribution in [0.5, 0.6) is 0 Å². The van der Waals surface area contributed by atoms with E-state index in [4.69, 9.17) is 4.74 Å². The van der Waals surface area contributed by atoms with Crippen LogP contribution in [0, 0.1) is 17.8 Å². The Hall–Kier alpha value is -1.92. The summed E-state index contributed by atoms with van der Waals surface area (Å²) in [6.45, 7) is 2.35. The normalized spacial score (nSPS) is 27.2. The van der Waals surface area contributed by atoms with Crippen LogP contribution in [-0.2, 0) is 14.3 Å². The molecule has 6 nitrogen and oxygen atoms in total. The number of amides is 2. The van der Waals surface area contributed by atoms with Crippen LogP contribution < -0.4 is 5.32 Å². The molecule has 1 saturated heterocycles. The zero-order chi connectivity index (χ0) is 19.7. The highest BCUT2D eigenvalue weighted by Gasteiger charge is 2.52. The van der Waals surface area contributed by atoms with E-state index in [0.29, 0.717) is 38.1 Å². The predicted octanol–water partition coefficient (Wildman–Crippen LogP) is 1.68. The van der Waals surface area contributed by atoms with Gasteiger partial charge in [0.15, 0.2) is 0 Å². The van der Waals surface area contributed by atoms with Crippen LogP contribution in [0.25, 0.3) is 0 Å². The Morgan fingerprint density at radius 1 is 1.21 bits per heavy atom. The third-order valence-electron chi connectivity index (χ3n) is 6.45. The maximum atomic E-state index is 12.6. The molecule has 1 N–H and O–H groups in total. The molecule has 2 aliphatic carbocycles. The topological polar surface area (TPSA) is 61.9 Å². The van der Waals surface area contributed by atoms with Crippen molar-refractivity contribution in [2.24, 2.45) is 17.8 Å². The third-order valence-corrected chi connectivity index (χ3v) is 6.45. The van der Waals surface area contributed by atoms with Gasteiger partial charge < -0.3 is 15.0 Å². The predicted molar refractivity (Wildman–Crippen MR) is 107 cm³/mol. The minimum absolute atomic E-state index is 0.0227. The molecule has 0 bridgehead atoms. The fourth-order valence-corrected chi connectivity index (χ4v) is 4.78. The average Bonchev–Trinajstić information content (AvgIpc) is 3.30. The fourth-order valence-electron chi connectivity index (χ4n) is 4.78. The summed E-state index contributed by atoms with van der Waals surface area (Å²) >= 11 is 0. The SMILES string of the molecule is CN(C)C(C(=O)NCCOC1CN(C(=O)[C@@H]2CC[C@@H]3C[C@@H]32)C1)c1ccccc1. The molecule has 1 heterocycles. The Labute approximate surface area is 167 Å². The van der Waals surface area contributed by atoms with Gasteiger partial charge in [0, 0.05) is 25.6 Å². The number of carbonyl (C=O) groups is 2. The Morgan fingerprint density at radius 3 is 2.57 bits per heavy atom. The van der Waals surface area contributed by atoms with Crippen molar-refractivity contribution in [2.75, 3.05) is 40.3 Å². The van der Waals surface area contributed by atoms with Crippen LogP contribution in [-0.4, -0.2) is 68.1 Å². The molecule has 0 aromatic heterocycles. The van der Waals surface area contributed by atoms with Gasteiger partial charge in [-0.15, -0.1) is 0 Å². The summed E-state index contributed by atoms with van der Waals surface area (Å²) in [4.78, 5) is 28.9. The van der Waals surface area contributed by atoms with Crippen LogP contribution >= 0.6 is 0 Å². The number of rotatable bonds is 8. The second kappa shape index (κ2) is 8.21. The summed E-state index contributed by atoms with van der Waals surface area (Å²) in [5, 5.41) is 2.97. The van der Waals surface area contributed by atoms with Crippen molar-refractivity contribution in [3.8, 4) is 0 Å². The summed E-state index contributed by atoms with van der Waals surface area (Å²) < 4.78 is 5.83. The Morgan fingerprint density at radius 2 is 1.96 bits per heavy atom. The van der Waals surface area contributed by atoms with Crippen molar-refractivity contribution in [1.29, 1.82) is 0 Å². The van der Waals surface area contributed by atoms with Crippen LogP contribution in [0.1, 0.15) is 30.9 Å². The van der Waals surface area contributed by atoms with Crippen molar-refractivity contribution in [2.45, 2.75) is 31.4 Å². The van der Waals surface area contributed by atoms with Gasteiger partial charge in [-0.3, -0.25) is 14.5 Å². The molecule has 0 radical (unpaired) electrons. The Balaban J connectivity index is 1.14. The third kappa shape index (κ3) is 4.08. The highest BCUT2D eigenvalue weighted by molar-refractivity contribution is 5.83. The first-order chi connectivity index (χ1) is 13.5. The van der Waals surface area contributed by atoms with Crippen LogP contribution in [0.3, 0.4) is 0 Å². The second-order valence-electron chi connectivity index (χ2n) is 8.65. The van der Waals surface area contributed by atoms with Crippen LogP contribution in [0.15, 0.2) is 30.3 Å². The first kappa shape index (κ1) is 19.4. The lowest BCUT2D eigenvalue weighted by Gasteiger charge is -2.40. The number of likely N-dealkylation sites (tertiary alicyclic amines) is 1. The second-order valence-corrected chi connectivity index (χ2v) is 8.65. The zero-order valence-electron chi connectivity index (χ0n) is 16.8. The Bertz CT molecular complexity index is 702. The molecule has 1 aromatic rings. The molecule has 3 fully saturated rings. The molecule has 1 unspecified atom stereocenters. The van der Waals surface area contributed by atoms with Gasteiger partial charge in [0.1, 0.15) is 6.04 Å². The van der Waals surface area contributed by atoms with E-state index in [1.165, 1.54) is 12.8 Å². The van der Waals surface area contributed by atoms with Gasteiger partial charge in [-0.05, 0) is 50.8 Å². The highest BCUT2D eigenvalue weighted by atomic mass is 16.5. The summed E-state index contributed by atoms with van der Waals surface area (Å²) in [6.07, 6.45) is 3.69. The van der Waals surface area contributed by atoms with Gasteiger partial charge in [-0.25, -0.2) is 0 Å². The number of nitrogens with zero attached hydrogens (tertiary/aromatic N) is 2. The lowest BCUT2D eigenvalue weighted by atomic mass is 9.99. The van der Waals surface area contributed by atoms with E-state index in [1.54, 1.807) is 0 Å². The number of fused-ring (bicyclic) bond motifs is 1. The molecule has 3 aliphatic rings. The molecule has 152 valence electrons. The van der Waals surface area contributed by atoms with E-state index in [1.807, 2.05) is 54.2 Å². The lowest BCUT2D eigenvalue weighted by Crippen LogP contribution is -2.56. The van der Waals surface area contributed by atoms with E-state index in [2.05, 4.69) is 5.32 Å². The van der Waals surface area contributed by atoms with Gasteiger partial charge in [0.2, 0.25) is 11.8 Å². The van der Waals surface area contributed by atoms with Crippen molar-refractivity contribution in [1.82, 2.24) is 15.1 Å². The van der Waals surface area contributed by atoms with Gasteiger partial charge >= 0.3 is 0 Å².